The van der Waals surface area contributed by atoms with Crippen LogP contribution in [0.1, 0.15) is 141 Å². The zero-order valence-corrected chi connectivity index (χ0v) is 55.5. The fourth-order valence-electron chi connectivity index (χ4n) is 8.73. The van der Waals surface area contributed by atoms with Crippen LogP contribution in [0.3, 0.4) is 0 Å². The molecule has 10 N–H and O–H groups in total. The molecule has 530 valence electrons. The number of aliphatic hydroxyl groups excluding tert-OH is 1. The number of carbonyl (C=O) groups excluding carboxylic acids is 9. The predicted octanol–water partition coefficient (Wildman–Crippen LogP) is 0.645. The van der Waals surface area contributed by atoms with E-state index in [0.717, 1.165) is 51.4 Å². The van der Waals surface area contributed by atoms with Gasteiger partial charge in [-0.2, -0.15) is 0 Å². The number of methoxy groups -OCH3 is 4. The van der Waals surface area contributed by atoms with Crippen LogP contribution >= 0.6 is 0 Å². The molecule has 0 aromatic carbocycles. The smallest absolute Gasteiger partial charge is 0.245 e. The summed E-state index contributed by atoms with van der Waals surface area (Å²) in [5.74, 6) is -2.11. The molecule has 0 aliphatic rings. The molecule has 3 unspecified atom stereocenters. The van der Waals surface area contributed by atoms with E-state index in [4.69, 9.17) is 47.4 Å². The molecule has 9 amide bonds. The van der Waals surface area contributed by atoms with E-state index in [1.165, 1.54) is 0 Å². The maximum atomic E-state index is 13.9. The van der Waals surface area contributed by atoms with Crippen molar-refractivity contribution in [2.75, 3.05) is 187 Å². The van der Waals surface area contributed by atoms with Crippen molar-refractivity contribution in [1.29, 1.82) is 0 Å². The molecule has 0 aromatic rings. The minimum atomic E-state index is -0.609. The van der Waals surface area contributed by atoms with Crippen LogP contribution < -0.4 is 47.9 Å². The van der Waals surface area contributed by atoms with Crippen molar-refractivity contribution in [3.8, 4) is 0 Å². The van der Waals surface area contributed by atoms with Crippen LogP contribution in [0.5, 0.6) is 0 Å². The van der Waals surface area contributed by atoms with Crippen LogP contribution in [0.25, 0.3) is 0 Å². The number of rotatable bonds is 67. The lowest BCUT2D eigenvalue weighted by molar-refractivity contribution is -0.127. The van der Waals surface area contributed by atoms with Crippen molar-refractivity contribution in [1.82, 2.24) is 47.9 Å². The van der Waals surface area contributed by atoms with Crippen LogP contribution in [0.2, 0.25) is 0 Å². The second-order valence-electron chi connectivity index (χ2n) is 21.8. The Bertz CT molecular complexity index is 1860. The molecule has 0 saturated carbocycles. The van der Waals surface area contributed by atoms with E-state index in [2.05, 4.69) is 47.9 Å². The molecule has 0 aliphatic carbocycles. The molecule has 3 atom stereocenters. The highest BCUT2D eigenvalue weighted by Gasteiger charge is 2.22. The summed E-state index contributed by atoms with van der Waals surface area (Å²) < 4.78 is 52.8. The lowest BCUT2D eigenvalue weighted by atomic mass is 10.0. The van der Waals surface area contributed by atoms with Gasteiger partial charge in [-0.05, 0) is 96.3 Å². The van der Waals surface area contributed by atoms with Gasteiger partial charge in [0.25, 0.3) is 0 Å². The highest BCUT2D eigenvalue weighted by atomic mass is 16.5. The summed E-state index contributed by atoms with van der Waals surface area (Å²) in [6, 6.07) is -1.18. The van der Waals surface area contributed by atoms with Gasteiger partial charge in [-0.1, -0.05) is 6.42 Å². The van der Waals surface area contributed by atoms with Crippen molar-refractivity contribution in [3.05, 3.63) is 0 Å². The van der Waals surface area contributed by atoms with Gasteiger partial charge in [-0.3, -0.25) is 43.2 Å². The standard InChI is InChI=1S/C62H117N9O20/c1-82-32-14-8-21-54(73)67-29-35-86-38-41-89-48-60(79)64-26-12-6-19-52(44-58(77)63-25-11-5-18-51(46-72)47-85-4)71-59(78)45-53(20-7-13-27-65-61(80)49-90-42-39-87-36-30-68-55(74)22-9-15-33-83-2)70-57(76)24-17-28-66-62(81)50-91-43-40-88-37-31-69-56(75)23-10-16-34-84-3/h51-53,72H,5-50H2,1-4H3,(H,63,77)(H,64,79)(H,65,80)(H,66,81)(H,67,73)(H,68,74)(H,69,75)(H,70,76)(H,71,78). The summed E-state index contributed by atoms with van der Waals surface area (Å²) in [4.78, 5) is 114. The summed E-state index contributed by atoms with van der Waals surface area (Å²) in [5, 5.41) is 35.3. The second-order valence-corrected chi connectivity index (χ2v) is 21.8. The first-order valence-corrected chi connectivity index (χ1v) is 32.7. The number of hydrogen-bond acceptors (Lipinski definition) is 20. The lowest BCUT2D eigenvalue weighted by Crippen LogP contribution is -2.43. The van der Waals surface area contributed by atoms with E-state index < -0.39 is 12.1 Å². The highest BCUT2D eigenvalue weighted by molar-refractivity contribution is 5.82. The van der Waals surface area contributed by atoms with Gasteiger partial charge in [0.05, 0.1) is 66.1 Å². The summed E-state index contributed by atoms with van der Waals surface area (Å²) in [6.45, 7) is 6.29. The van der Waals surface area contributed by atoms with Crippen LogP contribution in [0, 0.1) is 5.92 Å². The average Bonchev–Trinajstić information content (AvgIpc) is 3.72. The van der Waals surface area contributed by atoms with E-state index >= 15 is 0 Å². The third-order valence-electron chi connectivity index (χ3n) is 13.6. The van der Waals surface area contributed by atoms with Crippen molar-refractivity contribution in [2.24, 2.45) is 5.92 Å². The minimum absolute atomic E-state index is 0.00665. The molecule has 0 fully saturated rings. The third kappa shape index (κ3) is 60.8. The minimum Gasteiger partial charge on any atom is -0.396 e. The first-order valence-electron chi connectivity index (χ1n) is 32.7. The fourth-order valence-corrected chi connectivity index (χ4v) is 8.73. The number of ether oxygens (including phenoxy) is 10. The summed E-state index contributed by atoms with van der Waals surface area (Å²) in [6.07, 6.45) is 11.3. The molecule has 0 bridgehead atoms. The van der Waals surface area contributed by atoms with Crippen LogP contribution in [-0.4, -0.2) is 257 Å². The van der Waals surface area contributed by atoms with E-state index in [1.807, 2.05) is 0 Å². The largest absolute Gasteiger partial charge is 0.396 e. The summed E-state index contributed by atoms with van der Waals surface area (Å²) >= 11 is 0. The van der Waals surface area contributed by atoms with Gasteiger partial charge in [0.15, 0.2) is 0 Å². The van der Waals surface area contributed by atoms with Crippen LogP contribution in [-0.2, 0) is 90.5 Å². The number of carbonyl (C=O) groups is 9. The average molecular weight is 1310 g/mol. The van der Waals surface area contributed by atoms with Gasteiger partial charge in [-0.25, -0.2) is 0 Å². The Balaban J connectivity index is 5.37. The monoisotopic (exact) mass is 1310 g/mol. The van der Waals surface area contributed by atoms with Gasteiger partial charge >= 0.3 is 0 Å². The Kier molecular flexibility index (Phi) is 61.2. The van der Waals surface area contributed by atoms with Crippen molar-refractivity contribution >= 4 is 53.2 Å². The fraction of sp³-hybridized carbons (Fsp3) is 0.855. The summed E-state index contributed by atoms with van der Waals surface area (Å²) in [7, 11) is 6.45. The van der Waals surface area contributed by atoms with Gasteiger partial charge in [0, 0.05) is 157 Å². The van der Waals surface area contributed by atoms with Gasteiger partial charge in [0.2, 0.25) is 53.2 Å². The molecule has 91 heavy (non-hydrogen) atoms. The Morgan fingerprint density at radius 1 is 0.297 bits per heavy atom. The van der Waals surface area contributed by atoms with Crippen molar-refractivity contribution in [3.63, 3.8) is 0 Å². The Hall–Kier alpha value is -5.21. The number of hydrogen-bond donors (Lipinski definition) is 10. The lowest BCUT2D eigenvalue weighted by Gasteiger charge is -2.22. The Labute approximate surface area is 540 Å². The second kappa shape index (κ2) is 64.9. The molecule has 0 heterocycles. The molecular weight excluding hydrogens is 1190 g/mol. The van der Waals surface area contributed by atoms with Crippen molar-refractivity contribution in [2.45, 2.75) is 153 Å². The maximum Gasteiger partial charge on any atom is 0.245 e. The number of nitrogens with one attached hydrogen (secondary N) is 9. The molecule has 29 nitrogen and oxygen atoms in total. The van der Waals surface area contributed by atoms with Crippen molar-refractivity contribution < 1.29 is 95.6 Å². The Morgan fingerprint density at radius 2 is 0.626 bits per heavy atom. The first-order chi connectivity index (χ1) is 44.3. The number of amides is 9. The molecule has 0 aromatic heterocycles. The quantitative estimate of drug-likeness (QED) is 0.0374. The molecule has 0 radical (unpaired) electrons. The van der Waals surface area contributed by atoms with Gasteiger partial charge < -0.3 is 100 Å². The van der Waals surface area contributed by atoms with Gasteiger partial charge in [0.1, 0.15) is 19.8 Å². The Morgan fingerprint density at radius 3 is 1.01 bits per heavy atom. The van der Waals surface area contributed by atoms with Gasteiger partial charge in [-0.15, -0.1) is 0 Å². The van der Waals surface area contributed by atoms with E-state index in [0.29, 0.717) is 156 Å². The van der Waals surface area contributed by atoms with E-state index in [-0.39, 0.29) is 151 Å². The molecule has 0 aliphatic heterocycles. The zero-order valence-electron chi connectivity index (χ0n) is 55.5. The third-order valence-corrected chi connectivity index (χ3v) is 13.6. The topological polar surface area (TPSA) is 374 Å². The molecule has 0 saturated heterocycles. The zero-order chi connectivity index (χ0) is 66.9. The number of unbranched alkanes of at least 4 members (excludes halogenated alkanes) is 6. The number of aliphatic hydroxyl groups is 1. The molecule has 0 spiro atoms. The predicted molar refractivity (Wildman–Crippen MR) is 339 cm³/mol. The van der Waals surface area contributed by atoms with E-state index in [9.17, 15) is 48.3 Å². The first kappa shape index (κ1) is 85.8. The van der Waals surface area contributed by atoms with E-state index in [1.54, 1.807) is 28.4 Å². The molecule has 29 heteroatoms. The SMILES string of the molecule is COCCCCC(=O)NCCOCCOCC(=O)NCCCCC(CC(=O)NCCCCC(CO)COC)NC(=O)CC(CCCCNC(=O)COCCOCCNC(=O)CCCCOC)NC(=O)CCCNC(=O)COCCOCCNC(=O)CCCCOC. The summed E-state index contributed by atoms with van der Waals surface area (Å²) in [5.41, 5.74) is 0. The normalized spacial score (nSPS) is 12.1. The molecular formula is C62H117N9O20. The maximum absolute atomic E-state index is 13.9. The van der Waals surface area contributed by atoms with Crippen LogP contribution in [0.15, 0.2) is 0 Å². The molecule has 0 rings (SSSR count). The van der Waals surface area contributed by atoms with Crippen LogP contribution in [0.4, 0.5) is 0 Å². The highest BCUT2D eigenvalue weighted by Crippen LogP contribution is 2.11.